The van der Waals surface area contributed by atoms with Crippen LogP contribution in [0.4, 0.5) is 0 Å². The summed E-state index contributed by atoms with van der Waals surface area (Å²) in [4.78, 5) is 35.4. The number of carboxylic acids is 2. The largest absolute Gasteiger partial charge is 0.496 e. The standard InChI is InChI=1S/C30H33NO4.C24H22O3.C6H11NO2.CH4/c1-21-23(12-9-13-25(21)24-10-5-4-6-11-24)16-15-22-18-28(34-2)26(29(19-22)35-3)20-31-17-8-7-14-27(31)30(32)33;1-17-19(10-7-11-21(17)20-8-5-4-6-9-20)13-12-18-14-23(26-2)22(16-25)24(15-18)27-3;8-6(9)5-3-1-2-4-7-5;/h4-6,9-13,15-16,18-19,27H,7-8,14,17,20H2,1-3H3,(H,32,33);4-16H,1-3H3;5,7H,1-4H2,(H,8,9);1H4/b16-15+;13-12+;;/t27-;;5-;/m0.0./s1. The predicted molar refractivity (Wildman–Crippen MR) is 291 cm³/mol. The highest BCUT2D eigenvalue weighted by Crippen LogP contribution is 2.36. The van der Waals surface area contributed by atoms with Gasteiger partial charge in [-0.15, -0.1) is 0 Å². The fraction of sp³-hybridized carbons (Fsp3) is 0.295. The first-order valence-corrected chi connectivity index (χ1v) is 24.0. The van der Waals surface area contributed by atoms with Crippen molar-refractivity contribution in [2.45, 2.75) is 78.4 Å². The van der Waals surface area contributed by atoms with E-state index in [2.05, 4.69) is 110 Å². The van der Waals surface area contributed by atoms with Gasteiger partial charge in [0.25, 0.3) is 0 Å². The highest BCUT2D eigenvalue weighted by atomic mass is 16.5. The van der Waals surface area contributed by atoms with Crippen LogP contribution in [0, 0.1) is 13.8 Å². The first-order valence-electron chi connectivity index (χ1n) is 24.0. The molecule has 0 unspecified atom stereocenters. The van der Waals surface area contributed by atoms with E-state index in [-0.39, 0.29) is 13.5 Å². The first-order chi connectivity index (χ1) is 34.5. The van der Waals surface area contributed by atoms with Crippen LogP contribution in [0.1, 0.15) is 95.3 Å². The maximum atomic E-state index is 11.8. The third kappa shape index (κ3) is 14.6. The van der Waals surface area contributed by atoms with Gasteiger partial charge in [0, 0.05) is 6.54 Å². The number of ether oxygens (including phenoxy) is 4. The van der Waals surface area contributed by atoms with Crippen LogP contribution in [0.2, 0.25) is 0 Å². The normalized spacial score (nSPS) is 15.5. The van der Waals surface area contributed by atoms with Gasteiger partial charge in [-0.1, -0.05) is 142 Å². The number of piperidine rings is 2. The van der Waals surface area contributed by atoms with Crippen LogP contribution >= 0.6 is 0 Å². The lowest BCUT2D eigenvalue weighted by Gasteiger charge is -2.33. The molecule has 0 radical (unpaired) electrons. The van der Waals surface area contributed by atoms with Gasteiger partial charge in [0.05, 0.1) is 39.6 Å². The van der Waals surface area contributed by atoms with Crippen LogP contribution in [0.5, 0.6) is 23.0 Å². The number of carboxylic acid groups (broad SMARTS) is 2. The molecule has 0 aromatic heterocycles. The van der Waals surface area contributed by atoms with Crippen molar-refractivity contribution in [3.05, 3.63) is 166 Å². The summed E-state index contributed by atoms with van der Waals surface area (Å²) in [6.07, 6.45) is 14.5. The molecule has 378 valence electrons. The molecule has 6 aromatic rings. The Morgan fingerprint density at radius 1 is 0.597 bits per heavy atom. The maximum Gasteiger partial charge on any atom is 0.320 e. The Balaban J connectivity index is 0.000000230. The number of hydrogen-bond acceptors (Lipinski definition) is 9. The number of benzene rings is 6. The molecule has 2 atom stereocenters. The third-order valence-corrected chi connectivity index (χ3v) is 13.0. The lowest BCUT2D eigenvalue weighted by Crippen LogP contribution is -2.44. The van der Waals surface area contributed by atoms with Gasteiger partial charge in [0.1, 0.15) is 35.1 Å². The average Bonchev–Trinajstić information content (AvgIpc) is 3.41. The Morgan fingerprint density at radius 2 is 1.07 bits per heavy atom. The smallest absolute Gasteiger partial charge is 0.320 e. The summed E-state index contributed by atoms with van der Waals surface area (Å²) in [5, 5.41) is 21.1. The minimum Gasteiger partial charge on any atom is -0.496 e. The van der Waals surface area contributed by atoms with Gasteiger partial charge in [0.2, 0.25) is 0 Å². The zero-order chi connectivity index (χ0) is 50.7. The molecule has 6 aromatic carbocycles. The number of aliphatic carboxylic acids is 2. The molecule has 0 spiro atoms. The Bertz CT molecular complexity index is 2730. The maximum absolute atomic E-state index is 11.8. The number of likely N-dealkylation sites (tertiary alicyclic amines) is 1. The summed E-state index contributed by atoms with van der Waals surface area (Å²) in [5.41, 5.74) is 12.7. The SMILES string of the molecule is C.COc1cc(/C=C/c2cccc(-c3ccccc3)c2C)cc(OC)c1C=O.COc1cc(/C=C/c2cccc(-c3ccccc3)c2C)cc(OC)c1CN1CCCC[C@H]1C(=O)O.O=C(O)[C@@H]1CCCCN1. The number of carbonyl (C=O) groups excluding carboxylic acids is 1. The van der Waals surface area contributed by atoms with Crippen molar-refractivity contribution in [3.8, 4) is 45.3 Å². The summed E-state index contributed by atoms with van der Waals surface area (Å²) in [6.45, 7) is 6.35. The Labute approximate surface area is 425 Å². The lowest BCUT2D eigenvalue weighted by atomic mass is 9.96. The van der Waals surface area contributed by atoms with Crippen LogP contribution in [0.3, 0.4) is 0 Å². The highest BCUT2D eigenvalue weighted by Gasteiger charge is 2.30. The molecule has 11 heteroatoms. The number of nitrogens with zero attached hydrogens (tertiary/aromatic N) is 1. The van der Waals surface area contributed by atoms with E-state index in [1.165, 1.54) is 33.4 Å². The topological polar surface area (TPSA) is 144 Å². The predicted octanol–water partition coefficient (Wildman–Crippen LogP) is 12.8. The van der Waals surface area contributed by atoms with Crippen molar-refractivity contribution in [2.75, 3.05) is 41.5 Å². The first kappa shape index (κ1) is 55.5. The van der Waals surface area contributed by atoms with E-state index in [1.807, 2.05) is 59.5 Å². The van der Waals surface area contributed by atoms with Crippen molar-refractivity contribution in [2.24, 2.45) is 0 Å². The Hall–Kier alpha value is -7.47. The van der Waals surface area contributed by atoms with E-state index in [1.54, 1.807) is 28.4 Å². The minimum atomic E-state index is -0.768. The number of nitrogens with one attached hydrogen (secondary N) is 1. The highest BCUT2D eigenvalue weighted by molar-refractivity contribution is 5.86. The van der Waals surface area contributed by atoms with Gasteiger partial charge >= 0.3 is 11.9 Å². The van der Waals surface area contributed by atoms with Gasteiger partial charge in [-0.2, -0.15) is 0 Å². The third-order valence-electron chi connectivity index (χ3n) is 13.0. The van der Waals surface area contributed by atoms with Gasteiger partial charge < -0.3 is 34.5 Å². The fourth-order valence-electron chi connectivity index (χ4n) is 9.05. The van der Waals surface area contributed by atoms with Gasteiger partial charge in [-0.25, -0.2) is 0 Å². The Morgan fingerprint density at radius 3 is 1.47 bits per heavy atom. The lowest BCUT2D eigenvalue weighted by molar-refractivity contribution is -0.145. The zero-order valence-corrected chi connectivity index (χ0v) is 41.7. The van der Waals surface area contributed by atoms with Crippen LogP contribution in [0.15, 0.2) is 121 Å². The molecule has 11 nitrogen and oxygen atoms in total. The summed E-state index contributed by atoms with van der Waals surface area (Å²) >= 11 is 0. The fourth-order valence-corrected chi connectivity index (χ4v) is 9.05. The van der Waals surface area contributed by atoms with Crippen LogP contribution in [-0.4, -0.2) is 87.0 Å². The molecule has 2 saturated heterocycles. The quantitative estimate of drug-likeness (QED) is 0.0668. The summed E-state index contributed by atoms with van der Waals surface area (Å²) in [5.74, 6) is 0.921. The van der Waals surface area contributed by atoms with E-state index >= 15 is 0 Å². The van der Waals surface area contributed by atoms with Crippen molar-refractivity contribution in [1.82, 2.24) is 10.2 Å². The number of hydrogen-bond donors (Lipinski definition) is 3. The van der Waals surface area contributed by atoms with E-state index < -0.39 is 18.0 Å². The van der Waals surface area contributed by atoms with Crippen molar-refractivity contribution in [1.29, 1.82) is 0 Å². The second kappa shape index (κ2) is 27.8. The molecular formula is C61H70N2O9. The van der Waals surface area contributed by atoms with Crippen LogP contribution in [0.25, 0.3) is 46.6 Å². The average molecular weight is 975 g/mol. The van der Waals surface area contributed by atoms with Gasteiger partial charge in [-0.3, -0.25) is 19.3 Å². The van der Waals surface area contributed by atoms with Gasteiger partial charge in [-0.05, 0) is 133 Å². The van der Waals surface area contributed by atoms with Gasteiger partial charge in [0.15, 0.2) is 6.29 Å². The molecule has 0 saturated carbocycles. The monoisotopic (exact) mass is 975 g/mol. The number of methoxy groups -OCH3 is 4. The molecule has 3 N–H and O–H groups in total. The molecule has 2 aliphatic rings. The van der Waals surface area contributed by atoms with Crippen LogP contribution < -0.4 is 24.3 Å². The molecule has 2 fully saturated rings. The molecule has 0 bridgehead atoms. The molecule has 2 heterocycles. The number of aldehydes is 1. The molecule has 2 aliphatic heterocycles. The molecule has 72 heavy (non-hydrogen) atoms. The molecule has 8 rings (SSSR count). The minimum absolute atomic E-state index is 0. The van der Waals surface area contributed by atoms with Crippen LogP contribution in [-0.2, 0) is 16.1 Å². The summed E-state index contributed by atoms with van der Waals surface area (Å²) in [7, 11) is 6.37. The second-order valence-electron chi connectivity index (χ2n) is 17.5. The number of carbonyl (C=O) groups is 3. The Kier molecular flexibility index (Phi) is 21.4. The van der Waals surface area contributed by atoms with E-state index in [9.17, 15) is 19.5 Å². The summed E-state index contributed by atoms with van der Waals surface area (Å²) in [6, 6.07) is 40.3. The van der Waals surface area contributed by atoms with Crippen molar-refractivity contribution >= 4 is 42.5 Å². The van der Waals surface area contributed by atoms with Crippen molar-refractivity contribution < 1.29 is 43.5 Å². The molecule has 0 amide bonds. The summed E-state index contributed by atoms with van der Waals surface area (Å²) < 4.78 is 22.1. The second-order valence-corrected chi connectivity index (χ2v) is 17.5. The number of rotatable bonds is 15. The van der Waals surface area contributed by atoms with E-state index in [0.29, 0.717) is 41.5 Å². The molecule has 0 aliphatic carbocycles. The van der Waals surface area contributed by atoms with E-state index in [4.69, 9.17) is 24.1 Å². The molecular weight excluding hydrogens is 905 g/mol. The van der Waals surface area contributed by atoms with E-state index in [0.717, 1.165) is 79.3 Å². The zero-order valence-electron chi connectivity index (χ0n) is 41.7. The van der Waals surface area contributed by atoms with Crippen molar-refractivity contribution in [3.63, 3.8) is 0 Å².